The second-order valence-electron chi connectivity index (χ2n) is 3.40. The van der Waals surface area contributed by atoms with Crippen LogP contribution in [0.25, 0.3) is 0 Å². The van der Waals surface area contributed by atoms with E-state index in [1.165, 1.54) is 0 Å². The van der Waals surface area contributed by atoms with Crippen molar-refractivity contribution in [1.82, 2.24) is 4.98 Å². The number of rotatable bonds is 4. The van der Waals surface area contributed by atoms with Gasteiger partial charge < -0.3 is 5.32 Å². The maximum atomic E-state index is 5.91. The van der Waals surface area contributed by atoms with Crippen LogP contribution in [-0.2, 0) is 0 Å². The van der Waals surface area contributed by atoms with Gasteiger partial charge in [0.05, 0.1) is 4.47 Å². The van der Waals surface area contributed by atoms with E-state index in [0.29, 0.717) is 6.04 Å². The molecule has 0 aliphatic rings. The van der Waals surface area contributed by atoms with E-state index in [1.807, 2.05) is 19.1 Å². The summed E-state index contributed by atoms with van der Waals surface area (Å²) in [6.45, 7) is 4.09. The molecular formula is C10H14BrClN2. The molecular weight excluding hydrogens is 263 g/mol. The minimum Gasteiger partial charge on any atom is -0.367 e. The lowest BCUT2D eigenvalue weighted by atomic mass is 10.2. The van der Waals surface area contributed by atoms with Gasteiger partial charge in [0.15, 0.2) is 0 Å². The van der Waals surface area contributed by atoms with Crippen LogP contribution < -0.4 is 5.32 Å². The Balaban J connectivity index is 2.56. The van der Waals surface area contributed by atoms with Gasteiger partial charge in [-0.1, -0.05) is 0 Å². The molecule has 0 aromatic carbocycles. The van der Waals surface area contributed by atoms with Crippen LogP contribution in [0.15, 0.2) is 22.8 Å². The van der Waals surface area contributed by atoms with Crippen LogP contribution in [0.3, 0.4) is 0 Å². The summed E-state index contributed by atoms with van der Waals surface area (Å²) in [4.78, 5) is 4.22. The maximum absolute atomic E-state index is 5.91. The van der Waals surface area contributed by atoms with Crippen molar-refractivity contribution in [1.29, 1.82) is 0 Å². The highest BCUT2D eigenvalue weighted by Gasteiger charge is 2.08. The molecule has 78 valence electrons. The zero-order valence-corrected chi connectivity index (χ0v) is 10.6. The Morgan fingerprint density at radius 3 is 2.86 bits per heavy atom. The highest BCUT2D eigenvalue weighted by molar-refractivity contribution is 9.10. The minimum atomic E-state index is 0.181. The van der Waals surface area contributed by atoms with Crippen LogP contribution in [-0.4, -0.2) is 16.4 Å². The van der Waals surface area contributed by atoms with Crippen molar-refractivity contribution in [2.45, 2.75) is 31.7 Å². The number of hydrogen-bond donors (Lipinski definition) is 1. The molecule has 0 fully saturated rings. The summed E-state index contributed by atoms with van der Waals surface area (Å²) in [6, 6.07) is 4.18. The van der Waals surface area contributed by atoms with Gasteiger partial charge in [0.1, 0.15) is 5.82 Å². The third-order valence-electron chi connectivity index (χ3n) is 1.82. The summed E-state index contributed by atoms with van der Waals surface area (Å²) in [7, 11) is 0. The van der Waals surface area contributed by atoms with Crippen molar-refractivity contribution < 1.29 is 0 Å². The zero-order valence-electron chi connectivity index (χ0n) is 8.30. The van der Waals surface area contributed by atoms with E-state index < -0.39 is 0 Å². The van der Waals surface area contributed by atoms with Crippen LogP contribution in [0, 0.1) is 0 Å². The van der Waals surface area contributed by atoms with Gasteiger partial charge in [-0.3, -0.25) is 0 Å². The fourth-order valence-corrected chi connectivity index (χ4v) is 1.91. The maximum Gasteiger partial charge on any atom is 0.140 e. The SMILES string of the molecule is CC(Cl)CC(C)Nc1ncccc1Br. The molecule has 0 radical (unpaired) electrons. The summed E-state index contributed by atoms with van der Waals surface area (Å²) in [5.74, 6) is 0.873. The van der Waals surface area contributed by atoms with Crippen LogP contribution in [0.1, 0.15) is 20.3 Å². The van der Waals surface area contributed by atoms with Gasteiger partial charge in [-0.25, -0.2) is 4.98 Å². The number of alkyl halides is 1. The highest BCUT2D eigenvalue weighted by Crippen LogP contribution is 2.20. The van der Waals surface area contributed by atoms with Crippen molar-refractivity contribution >= 4 is 33.3 Å². The molecule has 1 rings (SSSR count). The molecule has 0 amide bonds. The van der Waals surface area contributed by atoms with Crippen molar-refractivity contribution in [3.63, 3.8) is 0 Å². The van der Waals surface area contributed by atoms with Crippen LogP contribution >= 0.6 is 27.5 Å². The molecule has 1 heterocycles. The molecule has 0 spiro atoms. The summed E-state index contributed by atoms with van der Waals surface area (Å²) in [5.41, 5.74) is 0. The molecule has 2 atom stereocenters. The van der Waals surface area contributed by atoms with Gasteiger partial charge in [0.2, 0.25) is 0 Å². The Kier molecular flexibility index (Phi) is 4.69. The quantitative estimate of drug-likeness (QED) is 0.850. The molecule has 1 aromatic rings. The van der Waals surface area contributed by atoms with E-state index >= 15 is 0 Å². The van der Waals surface area contributed by atoms with Crippen molar-refractivity contribution in [3.05, 3.63) is 22.8 Å². The lowest BCUT2D eigenvalue weighted by Crippen LogP contribution is -2.19. The molecule has 0 aliphatic carbocycles. The Morgan fingerprint density at radius 1 is 1.57 bits per heavy atom. The Bertz CT molecular complexity index is 291. The Hall–Kier alpha value is -0.280. The second-order valence-corrected chi connectivity index (χ2v) is 5.00. The predicted molar refractivity (Wildman–Crippen MR) is 65.0 cm³/mol. The largest absolute Gasteiger partial charge is 0.367 e. The first-order chi connectivity index (χ1) is 6.59. The molecule has 14 heavy (non-hydrogen) atoms. The first kappa shape index (κ1) is 11.8. The van der Waals surface area contributed by atoms with E-state index in [0.717, 1.165) is 16.7 Å². The van der Waals surface area contributed by atoms with Crippen molar-refractivity contribution in [3.8, 4) is 0 Å². The summed E-state index contributed by atoms with van der Waals surface area (Å²) in [5, 5.41) is 3.48. The molecule has 1 N–H and O–H groups in total. The van der Waals surface area contributed by atoms with E-state index in [9.17, 15) is 0 Å². The number of halogens is 2. The van der Waals surface area contributed by atoms with Crippen molar-refractivity contribution in [2.24, 2.45) is 0 Å². The van der Waals surface area contributed by atoms with Gasteiger partial charge in [-0.05, 0) is 48.3 Å². The number of anilines is 1. The second kappa shape index (κ2) is 5.56. The monoisotopic (exact) mass is 276 g/mol. The number of pyridine rings is 1. The van der Waals surface area contributed by atoms with Gasteiger partial charge in [0, 0.05) is 17.6 Å². The number of aromatic nitrogens is 1. The molecule has 4 heteroatoms. The first-order valence-electron chi connectivity index (χ1n) is 4.60. The number of hydrogen-bond acceptors (Lipinski definition) is 2. The average molecular weight is 278 g/mol. The molecule has 0 saturated heterocycles. The van der Waals surface area contributed by atoms with Gasteiger partial charge >= 0.3 is 0 Å². The fraction of sp³-hybridized carbons (Fsp3) is 0.500. The van der Waals surface area contributed by atoms with E-state index in [-0.39, 0.29) is 5.38 Å². The van der Waals surface area contributed by atoms with Gasteiger partial charge in [-0.15, -0.1) is 11.6 Å². The Morgan fingerprint density at radius 2 is 2.29 bits per heavy atom. The number of nitrogens with zero attached hydrogens (tertiary/aromatic N) is 1. The third kappa shape index (κ3) is 3.84. The van der Waals surface area contributed by atoms with Crippen LogP contribution in [0.2, 0.25) is 0 Å². The fourth-order valence-electron chi connectivity index (χ4n) is 1.27. The van der Waals surface area contributed by atoms with Crippen molar-refractivity contribution in [2.75, 3.05) is 5.32 Å². The Labute approximate surface area is 98.2 Å². The van der Waals surface area contributed by atoms with E-state index in [2.05, 4.69) is 33.2 Å². The highest BCUT2D eigenvalue weighted by atomic mass is 79.9. The average Bonchev–Trinajstić information content (AvgIpc) is 2.07. The first-order valence-corrected chi connectivity index (χ1v) is 5.83. The molecule has 2 nitrogen and oxygen atoms in total. The summed E-state index contributed by atoms with van der Waals surface area (Å²) >= 11 is 9.34. The molecule has 0 aliphatic heterocycles. The van der Waals surface area contributed by atoms with Crippen LogP contribution in [0.4, 0.5) is 5.82 Å². The lowest BCUT2D eigenvalue weighted by molar-refractivity contribution is 0.693. The number of nitrogens with one attached hydrogen (secondary N) is 1. The summed E-state index contributed by atoms with van der Waals surface area (Å²) in [6.07, 6.45) is 2.69. The van der Waals surface area contributed by atoms with Gasteiger partial charge in [-0.2, -0.15) is 0 Å². The smallest absolute Gasteiger partial charge is 0.140 e. The lowest BCUT2D eigenvalue weighted by Gasteiger charge is -2.16. The standard InChI is InChI=1S/C10H14BrClN2/c1-7(12)6-8(2)14-10-9(11)4-3-5-13-10/h3-5,7-8H,6H2,1-2H3,(H,13,14). The van der Waals surface area contributed by atoms with Crippen LogP contribution in [0.5, 0.6) is 0 Å². The zero-order chi connectivity index (χ0) is 10.6. The third-order valence-corrected chi connectivity index (χ3v) is 2.64. The molecule has 0 saturated carbocycles. The molecule has 1 aromatic heterocycles. The normalized spacial score (nSPS) is 14.9. The summed E-state index contributed by atoms with van der Waals surface area (Å²) < 4.78 is 0.981. The van der Waals surface area contributed by atoms with E-state index in [4.69, 9.17) is 11.6 Å². The predicted octanol–water partition coefficient (Wildman–Crippen LogP) is 3.66. The van der Waals surface area contributed by atoms with E-state index in [1.54, 1.807) is 6.20 Å². The molecule has 2 unspecified atom stereocenters. The molecule has 0 bridgehead atoms. The van der Waals surface area contributed by atoms with Gasteiger partial charge in [0.25, 0.3) is 0 Å². The topological polar surface area (TPSA) is 24.9 Å². The minimum absolute atomic E-state index is 0.181.